The highest BCUT2D eigenvalue weighted by Gasteiger charge is 2.18. The van der Waals surface area contributed by atoms with Crippen LogP contribution in [0, 0.1) is 0 Å². The van der Waals surface area contributed by atoms with Crippen LogP contribution in [0.1, 0.15) is 32.3 Å². The molecular weight excluding hydrogens is 316 g/mol. The number of benzene rings is 1. The van der Waals surface area contributed by atoms with Crippen molar-refractivity contribution in [3.05, 3.63) is 23.8 Å². The lowest BCUT2D eigenvalue weighted by Crippen LogP contribution is -2.16. The van der Waals surface area contributed by atoms with Gasteiger partial charge in [-0.05, 0) is 31.0 Å². The summed E-state index contributed by atoms with van der Waals surface area (Å²) in [6, 6.07) is 4.40. The molecule has 21 heavy (non-hydrogen) atoms. The maximum Gasteiger partial charge on any atom is 0.310 e. The first-order chi connectivity index (χ1) is 9.77. The van der Waals surface area contributed by atoms with E-state index in [-0.39, 0.29) is 23.2 Å². The van der Waals surface area contributed by atoms with Crippen LogP contribution in [0.5, 0.6) is 5.75 Å². The fourth-order valence-corrected chi connectivity index (χ4v) is 2.97. The molecule has 1 unspecified atom stereocenters. The molecule has 1 rings (SSSR count). The van der Waals surface area contributed by atoms with Gasteiger partial charge < -0.3 is 9.47 Å². The summed E-state index contributed by atoms with van der Waals surface area (Å²) in [6.07, 6.45) is 1.54. The molecule has 0 aromatic heterocycles. The molecule has 0 aliphatic rings. The minimum absolute atomic E-state index is 0.0164. The van der Waals surface area contributed by atoms with E-state index in [0.717, 1.165) is 12.8 Å². The molecule has 118 valence electrons. The summed E-state index contributed by atoms with van der Waals surface area (Å²) in [7, 11) is 2.76. The predicted octanol–water partition coefficient (Wildman–Crippen LogP) is 2.90. The highest BCUT2D eigenvalue weighted by atomic mass is 35.7. The Labute approximate surface area is 129 Å². The third kappa shape index (κ3) is 5.55. The number of carbonyl (C=O) groups is 1. The van der Waals surface area contributed by atoms with Crippen LogP contribution in [0.15, 0.2) is 23.1 Å². The second-order valence-electron chi connectivity index (χ2n) is 4.69. The first kappa shape index (κ1) is 17.8. The zero-order valence-electron chi connectivity index (χ0n) is 12.3. The van der Waals surface area contributed by atoms with Gasteiger partial charge >= 0.3 is 5.97 Å². The van der Waals surface area contributed by atoms with Crippen LogP contribution in [-0.2, 0) is 25.0 Å². The molecule has 7 heteroatoms. The summed E-state index contributed by atoms with van der Waals surface area (Å²) in [4.78, 5) is 11.6. The molecule has 0 fully saturated rings. The molecule has 1 aromatic rings. The van der Waals surface area contributed by atoms with Crippen LogP contribution in [0.3, 0.4) is 0 Å². The van der Waals surface area contributed by atoms with Gasteiger partial charge in [0, 0.05) is 10.7 Å². The van der Waals surface area contributed by atoms with E-state index < -0.39 is 15.0 Å². The van der Waals surface area contributed by atoms with Crippen molar-refractivity contribution in [2.24, 2.45) is 0 Å². The van der Waals surface area contributed by atoms with Crippen molar-refractivity contribution in [1.82, 2.24) is 0 Å². The Morgan fingerprint density at radius 2 is 2.05 bits per heavy atom. The SMILES string of the molecule is CCCC(C)OC(=O)Cc1ccc(OC)c(S(=O)(=O)Cl)c1. The van der Waals surface area contributed by atoms with E-state index in [1.807, 2.05) is 13.8 Å². The number of esters is 1. The fraction of sp³-hybridized carbons (Fsp3) is 0.500. The lowest BCUT2D eigenvalue weighted by atomic mass is 10.1. The molecular formula is C14H19ClO5S. The Morgan fingerprint density at radius 1 is 1.38 bits per heavy atom. The maximum atomic E-state index is 11.8. The molecule has 0 amide bonds. The molecule has 0 spiro atoms. The standard InChI is InChI=1S/C14H19ClO5S/c1-4-5-10(2)20-14(16)9-11-6-7-12(19-3)13(8-11)21(15,17)18/h6-8,10H,4-5,9H2,1-3H3. The predicted molar refractivity (Wildman–Crippen MR) is 80.2 cm³/mol. The Morgan fingerprint density at radius 3 is 2.57 bits per heavy atom. The molecule has 1 atom stereocenters. The summed E-state index contributed by atoms with van der Waals surface area (Å²) in [5.41, 5.74) is 0.503. The lowest BCUT2D eigenvalue weighted by Gasteiger charge is -2.13. The molecule has 1 aromatic carbocycles. The minimum atomic E-state index is -3.94. The van der Waals surface area contributed by atoms with E-state index in [1.165, 1.54) is 19.2 Å². The van der Waals surface area contributed by atoms with Crippen molar-refractivity contribution < 1.29 is 22.7 Å². The normalized spacial score (nSPS) is 12.8. The number of ether oxygens (including phenoxy) is 2. The summed E-state index contributed by atoms with van der Waals surface area (Å²) < 4.78 is 33.1. The zero-order chi connectivity index (χ0) is 16.0. The molecule has 0 radical (unpaired) electrons. The Balaban J connectivity index is 2.88. The van der Waals surface area contributed by atoms with E-state index in [2.05, 4.69) is 0 Å². The first-order valence-corrected chi connectivity index (χ1v) is 8.90. The highest BCUT2D eigenvalue weighted by Crippen LogP contribution is 2.28. The van der Waals surface area contributed by atoms with Gasteiger partial charge in [-0.25, -0.2) is 8.42 Å². The molecule has 0 saturated heterocycles. The van der Waals surface area contributed by atoms with Gasteiger partial charge in [0.1, 0.15) is 10.6 Å². The van der Waals surface area contributed by atoms with Gasteiger partial charge in [-0.3, -0.25) is 4.79 Å². The summed E-state index contributed by atoms with van der Waals surface area (Å²) in [5, 5.41) is 0. The maximum absolute atomic E-state index is 11.8. The van der Waals surface area contributed by atoms with E-state index in [0.29, 0.717) is 5.56 Å². The average molecular weight is 335 g/mol. The third-order valence-corrected chi connectivity index (χ3v) is 4.21. The molecule has 5 nitrogen and oxygen atoms in total. The van der Waals surface area contributed by atoms with E-state index in [4.69, 9.17) is 20.2 Å². The largest absolute Gasteiger partial charge is 0.495 e. The Bertz CT molecular complexity index is 597. The van der Waals surface area contributed by atoms with Crippen LogP contribution < -0.4 is 4.74 Å². The second-order valence-corrected chi connectivity index (χ2v) is 7.22. The van der Waals surface area contributed by atoms with Crippen molar-refractivity contribution in [1.29, 1.82) is 0 Å². The summed E-state index contributed by atoms with van der Waals surface area (Å²) in [5.74, 6) is -0.263. The van der Waals surface area contributed by atoms with Crippen molar-refractivity contribution in [2.75, 3.05) is 7.11 Å². The number of carbonyl (C=O) groups excluding carboxylic acids is 1. The van der Waals surface area contributed by atoms with Crippen LogP contribution in [-0.4, -0.2) is 27.6 Å². The number of methoxy groups -OCH3 is 1. The molecule has 0 saturated carbocycles. The van der Waals surface area contributed by atoms with Gasteiger partial charge in [-0.15, -0.1) is 0 Å². The fourth-order valence-electron chi connectivity index (χ4n) is 1.92. The van der Waals surface area contributed by atoms with Gasteiger partial charge in [-0.1, -0.05) is 19.4 Å². The topological polar surface area (TPSA) is 69.7 Å². The molecule has 0 N–H and O–H groups in total. The molecule has 0 aliphatic carbocycles. The van der Waals surface area contributed by atoms with Crippen LogP contribution in [0.25, 0.3) is 0 Å². The lowest BCUT2D eigenvalue weighted by molar-refractivity contribution is -0.147. The second kappa shape index (κ2) is 7.66. The van der Waals surface area contributed by atoms with E-state index in [1.54, 1.807) is 6.07 Å². The van der Waals surface area contributed by atoms with Crippen LogP contribution in [0.2, 0.25) is 0 Å². The monoisotopic (exact) mass is 334 g/mol. The summed E-state index contributed by atoms with van der Waals surface area (Å²) in [6.45, 7) is 3.83. The minimum Gasteiger partial charge on any atom is -0.495 e. The number of hydrogen-bond acceptors (Lipinski definition) is 5. The Kier molecular flexibility index (Phi) is 6.48. The number of halogens is 1. The van der Waals surface area contributed by atoms with Gasteiger partial charge in [0.05, 0.1) is 19.6 Å². The van der Waals surface area contributed by atoms with E-state index >= 15 is 0 Å². The Hall–Kier alpha value is -1.27. The molecule has 0 bridgehead atoms. The highest BCUT2D eigenvalue weighted by molar-refractivity contribution is 8.13. The quantitative estimate of drug-likeness (QED) is 0.566. The van der Waals surface area contributed by atoms with Crippen molar-refractivity contribution in [3.8, 4) is 5.75 Å². The number of rotatable bonds is 7. The van der Waals surface area contributed by atoms with E-state index in [9.17, 15) is 13.2 Å². The van der Waals surface area contributed by atoms with Gasteiger partial charge in [-0.2, -0.15) is 0 Å². The molecule has 0 heterocycles. The zero-order valence-corrected chi connectivity index (χ0v) is 13.8. The van der Waals surface area contributed by atoms with Crippen molar-refractivity contribution in [3.63, 3.8) is 0 Å². The summed E-state index contributed by atoms with van der Waals surface area (Å²) >= 11 is 0. The van der Waals surface area contributed by atoms with Gasteiger partial charge in [0.15, 0.2) is 0 Å². The average Bonchev–Trinajstić information content (AvgIpc) is 2.37. The van der Waals surface area contributed by atoms with Crippen LogP contribution in [0.4, 0.5) is 0 Å². The van der Waals surface area contributed by atoms with Crippen molar-refractivity contribution >= 4 is 25.7 Å². The third-order valence-electron chi connectivity index (χ3n) is 2.87. The smallest absolute Gasteiger partial charge is 0.310 e. The van der Waals surface area contributed by atoms with Crippen molar-refractivity contribution in [2.45, 2.75) is 44.1 Å². The number of hydrogen-bond donors (Lipinski definition) is 0. The van der Waals surface area contributed by atoms with Gasteiger partial charge in [0.2, 0.25) is 0 Å². The van der Waals surface area contributed by atoms with Gasteiger partial charge in [0.25, 0.3) is 9.05 Å². The molecule has 0 aliphatic heterocycles. The van der Waals surface area contributed by atoms with Crippen LogP contribution >= 0.6 is 10.7 Å². The first-order valence-electron chi connectivity index (χ1n) is 6.59.